The zero-order chi connectivity index (χ0) is 13.2. The van der Waals surface area contributed by atoms with Gasteiger partial charge in [-0.25, -0.2) is 9.97 Å². The van der Waals surface area contributed by atoms with E-state index >= 15 is 0 Å². The van der Waals surface area contributed by atoms with E-state index in [0.29, 0.717) is 16.7 Å². The fourth-order valence-corrected chi connectivity index (χ4v) is 2.60. The number of imidazole rings is 2. The molecule has 0 unspecified atom stereocenters. The van der Waals surface area contributed by atoms with Crippen molar-refractivity contribution in [2.75, 3.05) is 0 Å². The van der Waals surface area contributed by atoms with Crippen LogP contribution in [0.5, 0.6) is 0 Å². The van der Waals surface area contributed by atoms with E-state index in [1.807, 2.05) is 24.3 Å². The predicted octanol–water partition coefficient (Wildman–Crippen LogP) is 3.45. The first-order valence-corrected chi connectivity index (χ1v) is 6.60. The Morgan fingerprint density at radius 3 is 2.95 bits per heavy atom. The van der Waals surface area contributed by atoms with Gasteiger partial charge < -0.3 is 4.98 Å². The number of H-pyrrole nitrogens is 1. The van der Waals surface area contributed by atoms with E-state index in [0.717, 1.165) is 15.6 Å². The first-order valence-electron chi connectivity index (χ1n) is 5.61. The normalized spacial score (nSPS) is 11.5. The summed E-state index contributed by atoms with van der Waals surface area (Å²) in [5, 5.41) is 0.699. The highest BCUT2D eigenvalue weighted by Gasteiger charge is 2.12. The molecule has 19 heavy (non-hydrogen) atoms. The molecule has 7 heteroatoms. The molecule has 3 rings (SSSR count). The van der Waals surface area contributed by atoms with Crippen molar-refractivity contribution in [1.82, 2.24) is 19.5 Å². The summed E-state index contributed by atoms with van der Waals surface area (Å²) in [6, 6.07) is 7.64. The minimum atomic E-state index is -2.56. The number of hydrogen-bond donors (Lipinski definition) is 1. The molecule has 0 atom stereocenters. The maximum absolute atomic E-state index is 12.6. The molecule has 2 heterocycles. The van der Waals surface area contributed by atoms with Gasteiger partial charge in [-0.3, -0.25) is 4.57 Å². The molecule has 0 aliphatic rings. The van der Waals surface area contributed by atoms with Crippen molar-refractivity contribution in [3.63, 3.8) is 0 Å². The third-order valence-electron chi connectivity index (χ3n) is 2.66. The third kappa shape index (κ3) is 2.46. The SMILES string of the molecule is FC(F)n1ccnc1CSc1nc2ccccc2[nH]1. The van der Waals surface area contributed by atoms with E-state index in [1.54, 1.807) is 0 Å². The molecule has 0 saturated heterocycles. The highest BCUT2D eigenvalue weighted by atomic mass is 32.2. The Morgan fingerprint density at radius 2 is 2.16 bits per heavy atom. The minimum absolute atomic E-state index is 0.334. The molecule has 1 N–H and O–H groups in total. The number of nitrogens with one attached hydrogen (secondary N) is 1. The number of nitrogens with zero attached hydrogens (tertiary/aromatic N) is 3. The van der Waals surface area contributed by atoms with E-state index in [-0.39, 0.29) is 0 Å². The second-order valence-electron chi connectivity index (χ2n) is 3.88. The van der Waals surface area contributed by atoms with E-state index in [4.69, 9.17) is 0 Å². The van der Waals surface area contributed by atoms with Gasteiger partial charge in [-0.05, 0) is 12.1 Å². The second-order valence-corrected chi connectivity index (χ2v) is 4.84. The Balaban J connectivity index is 1.76. The molecular formula is C12H10F2N4S. The maximum Gasteiger partial charge on any atom is 0.319 e. The molecule has 3 aromatic rings. The number of fused-ring (bicyclic) bond motifs is 1. The average molecular weight is 280 g/mol. The summed E-state index contributed by atoms with van der Waals surface area (Å²) in [5.74, 6) is 0.678. The molecule has 0 saturated carbocycles. The van der Waals surface area contributed by atoms with Crippen LogP contribution in [-0.4, -0.2) is 19.5 Å². The van der Waals surface area contributed by atoms with Crippen molar-refractivity contribution in [3.05, 3.63) is 42.5 Å². The molecule has 0 aliphatic heterocycles. The predicted molar refractivity (Wildman–Crippen MR) is 69.1 cm³/mol. The molecule has 98 valence electrons. The van der Waals surface area contributed by atoms with Gasteiger partial charge >= 0.3 is 6.55 Å². The smallest absolute Gasteiger partial charge is 0.319 e. The first-order chi connectivity index (χ1) is 9.24. The van der Waals surface area contributed by atoms with Crippen LogP contribution < -0.4 is 0 Å². The van der Waals surface area contributed by atoms with E-state index in [9.17, 15) is 8.78 Å². The summed E-state index contributed by atoms with van der Waals surface area (Å²) >= 11 is 1.35. The molecule has 0 fully saturated rings. The first kappa shape index (κ1) is 12.2. The van der Waals surface area contributed by atoms with Crippen LogP contribution in [0.4, 0.5) is 8.78 Å². The quantitative estimate of drug-likeness (QED) is 0.745. The van der Waals surface area contributed by atoms with Crippen LogP contribution in [0, 0.1) is 0 Å². The lowest BCUT2D eigenvalue weighted by molar-refractivity contribution is 0.0678. The lowest BCUT2D eigenvalue weighted by atomic mass is 10.3. The number of hydrogen-bond acceptors (Lipinski definition) is 3. The van der Waals surface area contributed by atoms with Gasteiger partial charge in [0, 0.05) is 12.4 Å². The van der Waals surface area contributed by atoms with Crippen molar-refractivity contribution < 1.29 is 8.78 Å². The van der Waals surface area contributed by atoms with Gasteiger partial charge in [0.15, 0.2) is 5.16 Å². The van der Waals surface area contributed by atoms with Crippen molar-refractivity contribution in [1.29, 1.82) is 0 Å². The van der Waals surface area contributed by atoms with Crippen LogP contribution in [0.2, 0.25) is 0 Å². The number of benzene rings is 1. The van der Waals surface area contributed by atoms with E-state index in [2.05, 4.69) is 15.0 Å². The number of para-hydroxylation sites is 2. The topological polar surface area (TPSA) is 46.5 Å². The minimum Gasteiger partial charge on any atom is -0.333 e. The number of rotatable bonds is 4. The van der Waals surface area contributed by atoms with Crippen molar-refractivity contribution in [2.45, 2.75) is 17.5 Å². The number of aromatic amines is 1. The van der Waals surface area contributed by atoms with E-state index < -0.39 is 6.55 Å². The van der Waals surface area contributed by atoms with Gasteiger partial charge in [0.1, 0.15) is 5.82 Å². The van der Waals surface area contributed by atoms with Gasteiger partial charge in [-0.15, -0.1) is 0 Å². The highest BCUT2D eigenvalue weighted by Crippen LogP contribution is 2.23. The third-order valence-corrected chi connectivity index (χ3v) is 3.53. The van der Waals surface area contributed by atoms with Gasteiger partial charge in [0.05, 0.1) is 16.8 Å². The molecular weight excluding hydrogens is 270 g/mol. The van der Waals surface area contributed by atoms with Gasteiger partial charge in [-0.1, -0.05) is 23.9 Å². The van der Waals surface area contributed by atoms with Crippen molar-refractivity contribution in [2.24, 2.45) is 0 Å². The average Bonchev–Trinajstić information content (AvgIpc) is 3.02. The van der Waals surface area contributed by atoms with Crippen LogP contribution in [0.15, 0.2) is 41.8 Å². The van der Waals surface area contributed by atoms with Crippen molar-refractivity contribution in [3.8, 4) is 0 Å². The number of halogens is 2. The van der Waals surface area contributed by atoms with Gasteiger partial charge in [0.2, 0.25) is 0 Å². The summed E-state index contributed by atoms with van der Waals surface area (Å²) in [6.45, 7) is -2.56. The Kier molecular flexibility index (Phi) is 3.20. The van der Waals surface area contributed by atoms with Gasteiger partial charge in [-0.2, -0.15) is 8.78 Å². The fraction of sp³-hybridized carbons (Fsp3) is 0.167. The Hall–Kier alpha value is -1.89. The molecule has 2 aromatic heterocycles. The maximum atomic E-state index is 12.6. The second kappa shape index (κ2) is 5.00. The highest BCUT2D eigenvalue weighted by molar-refractivity contribution is 7.98. The summed E-state index contributed by atoms with van der Waals surface area (Å²) in [7, 11) is 0. The Morgan fingerprint density at radius 1 is 1.32 bits per heavy atom. The van der Waals surface area contributed by atoms with E-state index in [1.165, 1.54) is 24.2 Å². The molecule has 0 aliphatic carbocycles. The van der Waals surface area contributed by atoms with Crippen LogP contribution in [0.3, 0.4) is 0 Å². The Bertz CT molecular complexity index is 659. The molecule has 0 bridgehead atoms. The summed E-state index contributed by atoms with van der Waals surface area (Å²) in [6.07, 6.45) is 2.65. The summed E-state index contributed by atoms with van der Waals surface area (Å²) in [5.41, 5.74) is 1.80. The zero-order valence-electron chi connectivity index (χ0n) is 9.75. The van der Waals surface area contributed by atoms with Gasteiger partial charge in [0.25, 0.3) is 0 Å². The molecule has 0 amide bonds. The largest absolute Gasteiger partial charge is 0.333 e. The molecule has 0 radical (unpaired) electrons. The standard InChI is InChI=1S/C12H10F2N4S/c13-11(14)18-6-5-15-10(18)7-19-12-16-8-3-1-2-4-9(8)17-12/h1-6,11H,7H2,(H,16,17). The van der Waals surface area contributed by atoms with Crippen LogP contribution >= 0.6 is 11.8 Å². The zero-order valence-corrected chi connectivity index (χ0v) is 10.6. The van der Waals surface area contributed by atoms with Crippen LogP contribution in [-0.2, 0) is 5.75 Å². The van der Waals surface area contributed by atoms with Crippen molar-refractivity contribution >= 4 is 22.8 Å². The van der Waals surface area contributed by atoms with Crippen LogP contribution in [0.25, 0.3) is 11.0 Å². The number of alkyl halides is 2. The fourth-order valence-electron chi connectivity index (χ4n) is 1.76. The number of thioether (sulfide) groups is 1. The molecule has 1 aromatic carbocycles. The molecule has 4 nitrogen and oxygen atoms in total. The Labute approximate surface area is 111 Å². The van der Waals surface area contributed by atoms with Crippen LogP contribution in [0.1, 0.15) is 12.4 Å². The summed E-state index contributed by atoms with van der Waals surface area (Å²) < 4.78 is 26.1. The monoisotopic (exact) mass is 280 g/mol. The lowest BCUT2D eigenvalue weighted by Gasteiger charge is -2.04. The lowest BCUT2D eigenvalue weighted by Crippen LogP contribution is -2.02. The number of aromatic nitrogens is 4. The summed E-state index contributed by atoms with van der Waals surface area (Å²) in [4.78, 5) is 11.4. The molecule has 0 spiro atoms.